The molecule has 1 aromatic carbocycles. The van der Waals surface area contributed by atoms with Crippen molar-refractivity contribution in [2.45, 2.75) is 13.0 Å². The van der Waals surface area contributed by atoms with Crippen LogP contribution in [-0.4, -0.2) is 36.3 Å². The normalized spacial score (nSPS) is 17.1. The number of hydrogen-bond acceptors (Lipinski definition) is 5. The number of piperazine rings is 1. The van der Waals surface area contributed by atoms with E-state index in [2.05, 4.69) is 14.8 Å². The second kappa shape index (κ2) is 5.99. The molecule has 1 atom stereocenters. The quantitative estimate of drug-likeness (QED) is 0.946. The summed E-state index contributed by atoms with van der Waals surface area (Å²) in [4.78, 5) is 9.76. The molecule has 1 unspecified atom stereocenters. The fraction of sp³-hybridized carbons (Fsp3) is 0.400. The molecule has 1 N–H and O–H groups in total. The fourth-order valence-corrected chi connectivity index (χ4v) is 3.33. The zero-order valence-corrected chi connectivity index (χ0v) is 12.7. The van der Waals surface area contributed by atoms with Gasteiger partial charge in [-0.3, -0.25) is 0 Å². The maximum Gasteiger partial charge on any atom is 0.185 e. The van der Waals surface area contributed by atoms with Crippen molar-refractivity contribution in [3.63, 3.8) is 0 Å². The molecule has 0 spiro atoms. The van der Waals surface area contributed by atoms with E-state index in [9.17, 15) is 9.50 Å². The van der Waals surface area contributed by atoms with Gasteiger partial charge in [-0.25, -0.2) is 9.37 Å². The predicted octanol–water partition coefficient (Wildman–Crippen LogP) is 2.66. The molecule has 1 aliphatic heterocycles. The highest BCUT2D eigenvalue weighted by Gasteiger charge is 2.20. The van der Waals surface area contributed by atoms with E-state index >= 15 is 0 Å². The number of thiazole rings is 1. The first-order chi connectivity index (χ1) is 10.1. The van der Waals surface area contributed by atoms with Crippen LogP contribution in [0, 0.1) is 5.82 Å². The highest BCUT2D eigenvalue weighted by Crippen LogP contribution is 2.28. The average Bonchev–Trinajstić information content (AvgIpc) is 2.98. The van der Waals surface area contributed by atoms with Crippen LogP contribution < -0.4 is 9.80 Å². The zero-order valence-electron chi connectivity index (χ0n) is 11.9. The Hall–Kier alpha value is -1.66. The van der Waals surface area contributed by atoms with Crippen molar-refractivity contribution in [3.05, 3.63) is 41.2 Å². The number of anilines is 2. The lowest BCUT2D eigenvalue weighted by molar-refractivity contribution is 0.203. The van der Waals surface area contributed by atoms with E-state index in [0.29, 0.717) is 0 Å². The Morgan fingerprint density at radius 3 is 2.33 bits per heavy atom. The molecule has 1 aliphatic rings. The molecule has 0 aliphatic carbocycles. The summed E-state index contributed by atoms with van der Waals surface area (Å²) in [5.41, 5.74) is 1.06. The topological polar surface area (TPSA) is 39.6 Å². The van der Waals surface area contributed by atoms with Crippen LogP contribution in [0.15, 0.2) is 30.5 Å². The number of aliphatic hydroxyl groups excluding tert-OH is 1. The molecule has 1 fully saturated rings. The molecular formula is C15H18FN3OS. The van der Waals surface area contributed by atoms with Gasteiger partial charge in [0.2, 0.25) is 0 Å². The van der Waals surface area contributed by atoms with Crippen LogP contribution in [0.3, 0.4) is 0 Å². The maximum atomic E-state index is 13.0. The van der Waals surface area contributed by atoms with Crippen LogP contribution in [0.4, 0.5) is 15.2 Å². The smallest absolute Gasteiger partial charge is 0.185 e. The molecule has 4 nitrogen and oxygen atoms in total. The van der Waals surface area contributed by atoms with Gasteiger partial charge in [-0.2, -0.15) is 0 Å². The Kier molecular flexibility index (Phi) is 4.07. The second-order valence-electron chi connectivity index (χ2n) is 5.17. The molecule has 3 rings (SSSR count). The Labute approximate surface area is 127 Å². The van der Waals surface area contributed by atoms with E-state index in [0.717, 1.165) is 41.9 Å². The van der Waals surface area contributed by atoms with Gasteiger partial charge in [-0.05, 0) is 31.2 Å². The van der Waals surface area contributed by atoms with Crippen molar-refractivity contribution < 1.29 is 9.50 Å². The highest BCUT2D eigenvalue weighted by molar-refractivity contribution is 7.15. The molecule has 21 heavy (non-hydrogen) atoms. The average molecular weight is 307 g/mol. The lowest BCUT2D eigenvalue weighted by Crippen LogP contribution is -2.46. The van der Waals surface area contributed by atoms with Crippen LogP contribution in [0.25, 0.3) is 0 Å². The molecule has 2 aromatic rings. The lowest BCUT2D eigenvalue weighted by Gasteiger charge is -2.36. The molecule has 0 bridgehead atoms. The van der Waals surface area contributed by atoms with E-state index in [1.165, 1.54) is 12.1 Å². The van der Waals surface area contributed by atoms with Gasteiger partial charge in [0.1, 0.15) is 5.82 Å². The monoisotopic (exact) mass is 307 g/mol. The third kappa shape index (κ3) is 3.16. The first-order valence-electron chi connectivity index (χ1n) is 7.03. The van der Waals surface area contributed by atoms with Crippen molar-refractivity contribution in [3.8, 4) is 0 Å². The van der Waals surface area contributed by atoms with Crippen molar-refractivity contribution >= 4 is 22.2 Å². The molecule has 0 radical (unpaired) electrons. The van der Waals surface area contributed by atoms with E-state index in [1.807, 2.05) is 12.1 Å². The Morgan fingerprint density at radius 2 is 1.76 bits per heavy atom. The van der Waals surface area contributed by atoms with Crippen molar-refractivity contribution in [1.29, 1.82) is 0 Å². The minimum atomic E-state index is -0.461. The molecular weight excluding hydrogens is 289 g/mol. The van der Waals surface area contributed by atoms with Gasteiger partial charge >= 0.3 is 0 Å². The predicted molar refractivity (Wildman–Crippen MR) is 83.6 cm³/mol. The summed E-state index contributed by atoms with van der Waals surface area (Å²) in [6.45, 7) is 5.28. The van der Waals surface area contributed by atoms with Gasteiger partial charge in [0.15, 0.2) is 5.13 Å². The summed E-state index contributed by atoms with van der Waals surface area (Å²) < 4.78 is 13.0. The Morgan fingerprint density at radius 1 is 1.14 bits per heavy atom. The molecule has 0 saturated carbocycles. The number of aromatic nitrogens is 1. The number of aliphatic hydroxyl groups is 1. The molecule has 112 valence electrons. The molecule has 1 aromatic heterocycles. The van der Waals surface area contributed by atoms with Crippen LogP contribution in [0.1, 0.15) is 17.9 Å². The summed E-state index contributed by atoms with van der Waals surface area (Å²) in [6, 6.07) is 6.63. The summed E-state index contributed by atoms with van der Waals surface area (Å²) in [5, 5.41) is 10.5. The molecule has 2 heterocycles. The van der Waals surface area contributed by atoms with Gasteiger partial charge < -0.3 is 14.9 Å². The zero-order chi connectivity index (χ0) is 14.8. The minimum Gasteiger partial charge on any atom is -0.388 e. The van der Waals surface area contributed by atoms with Crippen LogP contribution in [0.5, 0.6) is 0 Å². The standard InChI is InChI=1S/C15H18FN3OS/c1-11(20)14-10-17-15(21-14)19-8-6-18(7-9-19)13-4-2-12(16)3-5-13/h2-5,10-11,20H,6-9H2,1H3. The van der Waals surface area contributed by atoms with Crippen molar-refractivity contribution in [2.75, 3.05) is 36.0 Å². The van der Waals surface area contributed by atoms with E-state index in [4.69, 9.17) is 0 Å². The Balaban J connectivity index is 1.63. The molecule has 6 heteroatoms. The van der Waals surface area contributed by atoms with E-state index in [-0.39, 0.29) is 5.82 Å². The number of hydrogen-bond donors (Lipinski definition) is 1. The summed E-state index contributed by atoms with van der Waals surface area (Å²) in [5.74, 6) is -0.203. The van der Waals surface area contributed by atoms with Gasteiger partial charge in [0, 0.05) is 38.1 Å². The highest BCUT2D eigenvalue weighted by atomic mass is 32.1. The van der Waals surface area contributed by atoms with E-state index < -0.39 is 6.10 Å². The lowest BCUT2D eigenvalue weighted by atomic mass is 10.2. The minimum absolute atomic E-state index is 0.203. The molecule has 0 amide bonds. The number of benzene rings is 1. The number of halogens is 1. The van der Waals surface area contributed by atoms with Crippen LogP contribution in [-0.2, 0) is 0 Å². The second-order valence-corrected chi connectivity index (χ2v) is 6.21. The van der Waals surface area contributed by atoms with Gasteiger partial charge in [-0.15, -0.1) is 0 Å². The third-order valence-electron chi connectivity index (χ3n) is 3.67. The molecule has 1 saturated heterocycles. The van der Waals surface area contributed by atoms with Gasteiger partial charge in [-0.1, -0.05) is 11.3 Å². The van der Waals surface area contributed by atoms with Gasteiger partial charge in [0.05, 0.1) is 11.0 Å². The van der Waals surface area contributed by atoms with Crippen molar-refractivity contribution in [1.82, 2.24) is 4.98 Å². The third-order valence-corrected chi connectivity index (χ3v) is 4.89. The first kappa shape index (κ1) is 14.3. The van der Waals surface area contributed by atoms with Crippen LogP contribution >= 0.6 is 11.3 Å². The number of nitrogens with zero attached hydrogens (tertiary/aromatic N) is 3. The largest absolute Gasteiger partial charge is 0.388 e. The summed E-state index contributed by atoms with van der Waals surface area (Å²) in [7, 11) is 0. The summed E-state index contributed by atoms with van der Waals surface area (Å²) >= 11 is 1.54. The number of rotatable bonds is 3. The van der Waals surface area contributed by atoms with Crippen molar-refractivity contribution in [2.24, 2.45) is 0 Å². The fourth-order valence-electron chi connectivity index (χ4n) is 2.42. The Bertz CT molecular complexity index is 591. The van der Waals surface area contributed by atoms with Crippen LogP contribution in [0.2, 0.25) is 0 Å². The van der Waals surface area contributed by atoms with Gasteiger partial charge in [0.25, 0.3) is 0 Å². The maximum absolute atomic E-state index is 13.0. The summed E-state index contributed by atoms with van der Waals surface area (Å²) in [6.07, 6.45) is 1.29. The SMILES string of the molecule is CC(O)c1cnc(N2CCN(c3ccc(F)cc3)CC2)s1. The first-order valence-corrected chi connectivity index (χ1v) is 7.84. The van der Waals surface area contributed by atoms with E-state index in [1.54, 1.807) is 24.5 Å².